The Bertz CT molecular complexity index is 552. The summed E-state index contributed by atoms with van der Waals surface area (Å²) in [5, 5.41) is 16.1. The van der Waals surface area contributed by atoms with Gasteiger partial charge in [-0.1, -0.05) is 13.8 Å². The number of carboxylic acids is 1. The molecule has 0 aliphatic heterocycles. The second kappa shape index (κ2) is 8.10. The van der Waals surface area contributed by atoms with E-state index in [1.54, 1.807) is 13.0 Å². The number of aryl methyl sites for hydroxylation is 1. The molecule has 2 N–H and O–H groups in total. The lowest BCUT2D eigenvalue weighted by Crippen LogP contribution is -2.50. The number of aromatic nitrogens is 2. The van der Waals surface area contributed by atoms with Gasteiger partial charge in [-0.25, -0.2) is 0 Å². The van der Waals surface area contributed by atoms with Crippen LogP contribution in [0.25, 0.3) is 0 Å². The van der Waals surface area contributed by atoms with Gasteiger partial charge in [0.15, 0.2) is 0 Å². The Hall–Kier alpha value is -1.89. The third kappa shape index (κ3) is 5.06. The van der Waals surface area contributed by atoms with Crippen LogP contribution < -0.4 is 5.32 Å². The zero-order valence-corrected chi connectivity index (χ0v) is 14.5. The van der Waals surface area contributed by atoms with Crippen molar-refractivity contribution in [3.05, 3.63) is 17.5 Å². The summed E-state index contributed by atoms with van der Waals surface area (Å²) < 4.78 is 6.90. The molecule has 0 aromatic carbocycles. The topological polar surface area (TPSA) is 93.5 Å². The molecule has 1 unspecified atom stereocenters. The second-order valence-electron chi connectivity index (χ2n) is 6.10. The van der Waals surface area contributed by atoms with Crippen LogP contribution in [0.5, 0.6) is 0 Å². The summed E-state index contributed by atoms with van der Waals surface area (Å²) in [6, 6.07) is 1.97. The fraction of sp³-hybridized carbons (Fsp3) is 0.688. The lowest BCUT2D eigenvalue weighted by atomic mass is 9.98. The molecule has 130 valence electrons. The van der Waals surface area contributed by atoms with Gasteiger partial charge in [0.25, 0.3) is 5.91 Å². The van der Waals surface area contributed by atoms with Gasteiger partial charge >= 0.3 is 5.97 Å². The largest absolute Gasteiger partial charge is 0.481 e. The van der Waals surface area contributed by atoms with Gasteiger partial charge in [0, 0.05) is 12.8 Å². The number of carbonyl (C=O) groups excluding carboxylic acids is 1. The highest BCUT2D eigenvalue weighted by Gasteiger charge is 2.31. The number of hydrogen-bond acceptors (Lipinski definition) is 4. The first-order valence-electron chi connectivity index (χ1n) is 7.85. The molecule has 0 bridgehead atoms. The van der Waals surface area contributed by atoms with Crippen molar-refractivity contribution < 1.29 is 19.4 Å². The summed E-state index contributed by atoms with van der Waals surface area (Å²) in [5.74, 6) is -1.39. The molecule has 1 rings (SSSR count). The smallest absolute Gasteiger partial charge is 0.305 e. The molecule has 1 heterocycles. The highest BCUT2D eigenvalue weighted by Crippen LogP contribution is 2.19. The van der Waals surface area contributed by atoms with Gasteiger partial charge in [-0.2, -0.15) is 5.10 Å². The maximum Gasteiger partial charge on any atom is 0.305 e. The Labute approximate surface area is 137 Å². The molecule has 23 heavy (non-hydrogen) atoms. The van der Waals surface area contributed by atoms with Crippen molar-refractivity contribution in [2.75, 3.05) is 13.7 Å². The lowest BCUT2D eigenvalue weighted by Gasteiger charge is -2.28. The molecule has 0 aliphatic carbocycles. The number of carboxylic acid groups (broad SMARTS) is 1. The minimum Gasteiger partial charge on any atom is -0.481 e. The van der Waals surface area contributed by atoms with Crippen molar-refractivity contribution in [2.45, 2.75) is 58.5 Å². The van der Waals surface area contributed by atoms with Crippen molar-refractivity contribution in [1.29, 1.82) is 0 Å². The van der Waals surface area contributed by atoms with Crippen LogP contribution in [0.1, 0.15) is 62.3 Å². The van der Waals surface area contributed by atoms with Gasteiger partial charge < -0.3 is 15.2 Å². The number of methoxy groups -OCH3 is 1. The van der Waals surface area contributed by atoms with Crippen LogP contribution in [0.4, 0.5) is 0 Å². The molecule has 7 nitrogen and oxygen atoms in total. The third-order valence-corrected chi connectivity index (χ3v) is 3.86. The fourth-order valence-electron chi connectivity index (χ4n) is 2.72. The minimum absolute atomic E-state index is 0.108. The number of rotatable bonds is 9. The maximum absolute atomic E-state index is 12.4. The molecule has 1 atom stereocenters. The molecule has 7 heteroatoms. The maximum atomic E-state index is 12.4. The summed E-state index contributed by atoms with van der Waals surface area (Å²) in [5.41, 5.74) is 0.224. The third-order valence-electron chi connectivity index (χ3n) is 3.86. The van der Waals surface area contributed by atoms with Crippen LogP contribution in [0, 0.1) is 6.92 Å². The van der Waals surface area contributed by atoms with E-state index in [1.165, 1.54) is 7.11 Å². The standard InChI is InChI=1S/C16H27N3O4/c1-6-12(7-2)19-11(3)8-13(18-19)15(22)17-16(4,10-23-5)9-14(20)21/h8,12H,6-7,9-10H2,1-5H3,(H,17,22)(H,20,21). The predicted octanol–water partition coefficient (Wildman–Crippen LogP) is 2.16. The lowest BCUT2D eigenvalue weighted by molar-refractivity contribution is -0.139. The molecule has 1 amide bonds. The molecule has 0 saturated heterocycles. The minimum atomic E-state index is -0.997. The molecular formula is C16H27N3O4. The Morgan fingerprint density at radius 3 is 2.52 bits per heavy atom. The molecule has 1 aromatic heterocycles. The first-order valence-corrected chi connectivity index (χ1v) is 7.85. The van der Waals surface area contributed by atoms with Gasteiger partial charge in [-0.15, -0.1) is 0 Å². The van der Waals surface area contributed by atoms with E-state index in [4.69, 9.17) is 9.84 Å². The van der Waals surface area contributed by atoms with Gasteiger partial charge in [0.05, 0.1) is 24.6 Å². The summed E-state index contributed by atoms with van der Waals surface area (Å²) >= 11 is 0. The van der Waals surface area contributed by atoms with Crippen LogP contribution >= 0.6 is 0 Å². The second-order valence-corrected chi connectivity index (χ2v) is 6.10. The van der Waals surface area contributed by atoms with E-state index in [0.717, 1.165) is 18.5 Å². The number of hydrogen-bond donors (Lipinski definition) is 2. The first-order chi connectivity index (χ1) is 10.8. The van der Waals surface area contributed by atoms with E-state index in [1.807, 2.05) is 11.6 Å². The Balaban J connectivity index is 2.96. The highest BCUT2D eigenvalue weighted by molar-refractivity contribution is 5.93. The molecular weight excluding hydrogens is 298 g/mol. The number of carbonyl (C=O) groups is 2. The number of ether oxygens (including phenoxy) is 1. The van der Waals surface area contributed by atoms with E-state index in [-0.39, 0.29) is 19.1 Å². The van der Waals surface area contributed by atoms with Crippen LogP contribution in [0.15, 0.2) is 6.07 Å². The van der Waals surface area contributed by atoms with Crippen molar-refractivity contribution in [3.8, 4) is 0 Å². The molecule has 0 fully saturated rings. The average molecular weight is 325 g/mol. The Kier molecular flexibility index (Phi) is 6.75. The highest BCUT2D eigenvalue weighted by atomic mass is 16.5. The van der Waals surface area contributed by atoms with Crippen LogP contribution in [0.2, 0.25) is 0 Å². The number of amides is 1. The normalized spacial score (nSPS) is 13.8. The summed E-state index contributed by atoms with van der Waals surface area (Å²) in [4.78, 5) is 23.5. The monoisotopic (exact) mass is 325 g/mol. The van der Waals surface area contributed by atoms with E-state index >= 15 is 0 Å². The van der Waals surface area contributed by atoms with Crippen molar-refractivity contribution >= 4 is 11.9 Å². The number of aliphatic carboxylic acids is 1. The fourth-order valence-corrected chi connectivity index (χ4v) is 2.72. The summed E-state index contributed by atoms with van der Waals surface area (Å²) in [6.45, 7) is 7.83. The average Bonchev–Trinajstić information content (AvgIpc) is 2.81. The van der Waals surface area contributed by atoms with Crippen molar-refractivity contribution in [3.63, 3.8) is 0 Å². The zero-order chi connectivity index (χ0) is 17.6. The first kappa shape index (κ1) is 19.2. The molecule has 0 radical (unpaired) electrons. The SMILES string of the molecule is CCC(CC)n1nc(C(=O)NC(C)(COC)CC(=O)O)cc1C. The number of nitrogens with zero attached hydrogens (tertiary/aromatic N) is 2. The van der Waals surface area contributed by atoms with E-state index in [0.29, 0.717) is 5.69 Å². The van der Waals surface area contributed by atoms with Crippen molar-refractivity contribution in [2.24, 2.45) is 0 Å². The van der Waals surface area contributed by atoms with Gasteiger partial charge in [-0.3, -0.25) is 14.3 Å². The molecule has 0 spiro atoms. The van der Waals surface area contributed by atoms with E-state index < -0.39 is 17.4 Å². The number of nitrogens with one attached hydrogen (secondary N) is 1. The molecule has 1 aromatic rings. The Morgan fingerprint density at radius 2 is 2.04 bits per heavy atom. The quantitative estimate of drug-likeness (QED) is 0.725. The Morgan fingerprint density at radius 1 is 1.43 bits per heavy atom. The molecule has 0 aliphatic rings. The zero-order valence-electron chi connectivity index (χ0n) is 14.5. The molecule has 0 saturated carbocycles. The van der Waals surface area contributed by atoms with Crippen LogP contribution in [-0.4, -0.2) is 46.0 Å². The van der Waals surface area contributed by atoms with Crippen LogP contribution in [0.3, 0.4) is 0 Å². The predicted molar refractivity (Wildman–Crippen MR) is 86.6 cm³/mol. The van der Waals surface area contributed by atoms with Gasteiger partial charge in [0.2, 0.25) is 0 Å². The van der Waals surface area contributed by atoms with Crippen LogP contribution in [-0.2, 0) is 9.53 Å². The van der Waals surface area contributed by atoms with Gasteiger partial charge in [0.1, 0.15) is 5.69 Å². The van der Waals surface area contributed by atoms with E-state index in [2.05, 4.69) is 24.3 Å². The summed E-state index contributed by atoms with van der Waals surface area (Å²) in [6.07, 6.45) is 1.64. The van der Waals surface area contributed by atoms with Gasteiger partial charge in [-0.05, 0) is 32.8 Å². The van der Waals surface area contributed by atoms with Crippen molar-refractivity contribution in [1.82, 2.24) is 15.1 Å². The summed E-state index contributed by atoms with van der Waals surface area (Å²) in [7, 11) is 1.47. The van der Waals surface area contributed by atoms with E-state index in [9.17, 15) is 9.59 Å².